The number of urea groups is 2. The van der Waals surface area contributed by atoms with Crippen LogP contribution in [-0.4, -0.2) is 36.7 Å². The molecular formula is C23H29FN6O2. The smallest absolute Gasteiger partial charge is 0.329 e. The molecule has 170 valence electrons. The number of benzene rings is 1. The summed E-state index contributed by atoms with van der Waals surface area (Å²) in [7, 11) is 1.78. The first-order valence-corrected chi connectivity index (χ1v) is 11.1. The van der Waals surface area contributed by atoms with Crippen molar-refractivity contribution in [3.05, 3.63) is 41.8 Å². The van der Waals surface area contributed by atoms with Crippen molar-refractivity contribution in [2.45, 2.75) is 51.6 Å². The summed E-state index contributed by atoms with van der Waals surface area (Å²) in [5, 5.41) is 8.53. The maximum atomic E-state index is 14.5. The third-order valence-electron chi connectivity index (χ3n) is 6.07. The molecule has 0 atom stereocenters. The van der Waals surface area contributed by atoms with Crippen LogP contribution in [0, 0.1) is 5.82 Å². The van der Waals surface area contributed by atoms with Crippen LogP contribution in [0.25, 0.3) is 0 Å². The summed E-state index contributed by atoms with van der Waals surface area (Å²) >= 11 is 0. The summed E-state index contributed by atoms with van der Waals surface area (Å²) in [5.41, 5.74) is 2.24. The van der Waals surface area contributed by atoms with Crippen molar-refractivity contribution in [3.8, 4) is 0 Å². The van der Waals surface area contributed by atoms with E-state index in [0.717, 1.165) is 36.9 Å². The maximum absolute atomic E-state index is 14.5. The fraction of sp³-hybridized carbons (Fsp3) is 0.435. The summed E-state index contributed by atoms with van der Waals surface area (Å²) in [6, 6.07) is 5.64. The number of anilines is 4. The number of carbonyl (C=O) groups excluding carboxylic acids is 2. The molecule has 0 unspecified atom stereocenters. The molecule has 0 radical (unpaired) electrons. The Morgan fingerprint density at radius 3 is 2.72 bits per heavy atom. The second kappa shape index (κ2) is 9.42. The first kappa shape index (κ1) is 21.9. The van der Waals surface area contributed by atoms with Gasteiger partial charge in [-0.1, -0.05) is 19.3 Å². The van der Waals surface area contributed by atoms with Crippen molar-refractivity contribution in [2.75, 3.05) is 34.0 Å². The van der Waals surface area contributed by atoms with Crippen LogP contribution in [-0.2, 0) is 6.54 Å². The number of halogens is 1. The number of pyridine rings is 1. The van der Waals surface area contributed by atoms with Crippen LogP contribution >= 0.6 is 0 Å². The highest BCUT2D eigenvalue weighted by Crippen LogP contribution is 2.34. The van der Waals surface area contributed by atoms with Crippen LogP contribution < -0.4 is 25.8 Å². The summed E-state index contributed by atoms with van der Waals surface area (Å²) in [6.45, 7) is 2.69. The lowest BCUT2D eigenvalue weighted by Gasteiger charge is -2.36. The molecule has 1 aromatic carbocycles. The monoisotopic (exact) mass is 440 g/mol. The Labute approximate surface area is 187 Å². The summed E-state index contributed by atoms with van der Waals surface area (Å²) in [5.74, 6) is 0.130. The van der Waals surface area contributed by atoms with Gasteiger partial charge in [0.25, 0.3) is 0 Å². The van der Waals surface area contributed by atoms with E-state index in [1.807, 2.05) is 13.0 Å². The SMILES string of the molecule is CCN1C(=O)N(c2ccc(F)c(NC(=O)NC3CCCCC3)c2)Cc2cnc(NC)cc21. The molecule has 0 saturated heterocycles. The highest BCUT2D eigenvalue weighted by atomic mass is 19.1. The third kappa shape index (κ3) is 4.46. The van der Waals surface area contributed by atoms with Crippen molar-refractivity contribution in [3.63, 3.8) is 0 Å². The lowest BCUT2D eigenvalue weighted by molar-refractivity contribution is 0.244. The Morgan fingerprint density at radius 2 is 2.00 bits per heavy atom. The first-order valence-electron chi connectivity index (χ1n) is 11.1. The van der Waals surface area contributed by atoms with Gasteiger partial charge in [0.2, 0.25) is 0 Å². The summed E-state index contributed by atoms with van der Waals surface area (Å²) in [6.07, 6.45) is 6.98. The van der Waals surface area contributed by atoms with E-state index < -0.39 is 11.8 Å². The van der Waals surface area contributed by atoms with Crippen LogP contribution in [0.15, 0.2) is 30.5 Å². The predicted molar refractivity (Wildman–Crippen MR) is 124 cm³/mol. The van der Waals surface area contributed by atoms with Gasteiger partial charge in [-0.15, -0.1) is 0 Å². The normalized spacial score (nSPS) is 16.5. The van der Waals surface area contributed by atoms with Gasteiger partial charge in [-0.3, -0.25) is 9.80 Å². The summed E-state index contributed by atoms with van der Waals surface area (Å²) in [4.78, 5) is 33.2. The standard InChI is InChI=1S/C23H29FN6O2/c1-3-29-20-12-21(25-2)26-13-15(20)14-30(23(29)32)17-9-10-18(24)19(11-17)28-22(31)27-16-7-5-4-6-8-16/h9-13,16H,3-8,14H2,1-2H3,(H,25,26)(H2,27,28,31). The van der Waals surface area contributed by atoms with Crippen LogP contribution in [0.4, 0.5) is 36.9 Å². The van der Waals surface area contributed by atoms with Crippen molar-refractivity contribution in [2.24, 2.45) is 0 Å². The summed E-state index contributed by atoms with van der Waals surface area (Å²) < 4.78 is 14.5. The quantitative estimate of drug-likeness (QED) is 0.630. The van der Waals surface area contributed by atoms with Crippen LogP contribution in [0.2, 0.25) is 0 Å². The molecule has 4 amide bonds. The van der Waals surface area contributed by atoms with Gasteiger partial charge in [0.15, 0.2) is 0 Å². The van der Waals surface area contributed by atoms with Crippen molar-refractivity contribution in [1.29, 1.82) is 0 Å². The minimum atomic E-state index is -0.551. The largest absolute Gasteiger partial charge is 0.373 e. The van der Waals surface area contributed by atoms with Crippen molar-refractivity contribution < 1.29 is 14.0 Å². The van der Waals surface area contributed by atoms with E-state index >= 15 is 0 Å². The minimum Gasteiger partial charge on any atom is -0.373 e. The third-order valence-corrected chi connectivity index (χ3v) is 6.07. The zero-order chi connectivity index (χ0) is 22.7. The molecule has 4 rings (SSSR count). The Balaban J connectivity index is 1.55. The Hall–Kier alpha value is -3.36. The van der Waals surface area contributed by atoms with E-state index in [4.69, 9.17) is 0 Å². The van der Waals surface area contributed by atoms with E-state index in [9.17, 15) is 14.0 Å². The number of hydrogen-bond acceptors (Lipinski definition) is 4. The number of nitrogens with zero attached hydrogens (tertiary/aromatic N) is 3. The topological polar surface area (TPSA) is 89.6 Å². The molecule has 2 aromatic rings. The number of nitrogens with one attached hydrogen (secondary N) is 3. The maximum Gasteiger partial charge on any atom is 0.329 e. The van der Waals surface area contributed by atoms with Crippen LogP contribution in [0.1, 0.15) is 44.6 Å². The zero-order valence-corrected chi connectivity index (χ0v) is 18.4. The molecule has 2 aliphatic rings. The average Bonchev–Trinajstić information content (AvgIpc) is 2.80. The molecule has 0 bridgehead atoms. The Bertz CT molecular complexity index is 1010. The highest BCUT2D eigenvalue weighted by molar-refractivity contribution is 6.06. The molecule has 9 heteroatoms. The number of fused-ring (bicyclic) bond motifs is 1. The van der Waals surface area contributed by atoms with E-state index in [1.54, 1.807) is 29.1 Å². The molecule has 1 fully saturated rings. The van der Waals surface area contributed by atoms with Gasteiger partial charge in [0.05, 0.1) is 17.9 Å². The number of amides is 4. The van der Waals surface area contributed by atoms with Crippen molar-refractivity contribution in [1.82, 2.24) is 10.3 Å². The number of hydrogen-bond donors (Lipinski definition) is 3. The number of rotatable bonds is 5. The van der Waals surface area contributed by atoms with E-state index in [2.05, 4.69) is 20.9 Å². The highest BCUT2D eigenvalue weighted by Gasteiger charge is 2.31. The van der Waals surface area contributed by atoms with Gasteiger partial charge in [-0.25, -0.2) is 19.0 Å². The molecule has 8 nitrogen and oxygen atoms in total. The van der Waals surface area contributed by atoms with Gasteiger partial charge in [-0.05, 0) is 38.0 Å². The van der Waals surface area contributed by atoms with Gasteiger partial charge in [0.1, 0.15) is 11.6 Å². The molecular weight excluding hydrogens is 411 g/mol. The molecule has 0 spiro atoms. The predicted octanol–water partition coefficient (Wildman–Crippen LogP) is 4.68. The van der Waals surface area contributed by atoms with Crippen LogP contribution in [0.5, 0.6) is 0 Å². The fourth-order valence-corrected chi connectivity index (χ4v) is 4.34. The van der Waals surface area contributed by atoms with Gasteiger partial charge in [-0.2, -0.15) is 0 Å². The van der Waals surface area contributed by atoms with E-state index in [0.29, 0.717) is 24.6 Å². The molecule has 3 N–H and O–H groups in total. The van der Waals surface area contributed by atoms with Gasteiger partial charge >= 0.3 is 12.1 Å². The van der Waals surface area contributed by atoms with E-state index in [1.165, 1.54) is 18.6 Å². The molecule has 2 heterocycles. The lowest BCUT2D eigenvalue weighted by atomic mass is 9.96. The Morgan fingerprint density at radius 1 is 1.22 bits per heavy atom. The minimum absolute atomic E-state index is 0.0427. The molecule has 32 heavy (non-hydrogen) atoms. The Kier molecular flexibility index (Phi) is 6.43. The lowest BCUT2D eigenvalue weighted by Crippen LogP contribution is -2.47. The molecule has 1 aliphatic heterocycles. The second-order valence-corrected chi connectivity index (χ2v) is 8.16. The zero-order valence-electron chi connectivity index (χ0n) is 18.4. The number of aromatic nitrogens is 1. The van der Waals surface area contributed by atoms with E-state index in [-0.39, 0.29) is 17.8 Å². The average molecular weight is 441 g/mol. The molecule has 1 aromatic heterocycles. The van der Waals surface area contributed by atoms with Gasteiger partial charge < -0.3 is 16.0 Å². The van der Waals surface area contributed by atoms with Crippen LogP contribution in [0.3, 0.4) is 0 Å². The fourth-order valence-electron chi connectivity index (χ4n) is 4.34. The molecule has 1 aliphatic carbocycles. The van der Waals surface area contributed by atoms with Gasteiger partial charge in [0, 0.05) is 43.1 Å². The second-order valence-electron chi connectivity index (χ2n) is 8.16. The van der Waals surface area contributed by atoms with Crippen molar-refractivity contribution >= 4 is 34.9 Å². The first-order chi connectivity index (χ1) is 15.5. The number of carbonyl (C=O) groups is 2. The molecule has 1 saturated carbocycles.